The maximum Gasteiger partial charge on any atom is 0.335 e. The molecule has 0 aliphatic heterocycles. The van der Waals surface area contributed by atoms with Gasteiger partial charge in [-0.25, -0.2) is 9.78 Å². The fourth-order valence-electron chi connectivity index (χ4n) is 2.42. The van der Waals surface area contributed by atoms with Crippen LogP contribution in [0.2, 0.25) is 5.02 Å². The van der Waals surface area contributed by atoms with Gasteiger partial charge in [-0.15, -0.1) is 0 Å². The summed E-state index contributed by atoms with van der Waals surface area (Å²) >= 11 is 7.55. The van der Waals surface area contributed by atoms with Crippen molar-refractivity contribution < 1.29 is 9.90 Å². The first-order valence-electron chi connectivity index (χ1n) is 6.23. The fraction of sp³-hybridized carbons (Fsp3) is 0.385. The number of aromatic nitrogens is 1. The number of hydrogen-bond donors (Lipinski definition) is 2. The molecule has 1 fully saturated rings. The molecule has 2 N–H and O–H groups in total. The Labute approximate surface area is 119 Å². The molecule has 1 saturated carbocycles. The standard InChI is InChI=1S/C13H13ClN2O2S/c14-9-5-7(12(17)18)6-10-11(9)16-13(19-10)15-8-3-1-2-4-8/h5-6,8H,1-4H2,(H,15,16)(H,17,18). The van der Waals surface area contributed by atoms with E-state index in [0.717, 1.165) is 9.83 Å². The zero-order chi connectivity index (χ0) is 13.4. The molecule has 1 heterocycles. The van der Waals surface area contributed by atoms with Crippen molar-refractivity contribution in [1.82, 2.24) is 4.98 Å². The van der Waals surface area contributed by atoms with Gasteiger partial charge in [0.05, 0.1) is 15.3 Å². The van der Waals surface area contributed by atoms with Crippen molar-refractivity contribution >= 4 is 44.3 Å². The van der Waals surface area contributed by atoms with E-state index in [1.165, 1.54) is 43.1 Å². The molecule has 0 unspecified atom stereocenters. The molecule has 0 saturated heterocycles. The lowest BCUT2D eigenvalue weighted by Gasteiger charge is -2.09. The average molecular weight is 297 g/mol. The highest BCUT2D eigenvalue weighted by Gasteiger charge is 2.17. The predicted molar refractivity (Wildman–Crippen MR) is 77.5 cm³/mol. The first-order valence-corrected chi connectivity index (χ1v) is 7.43. The van der Waals surface area contributed by atoms with E-state index < -0.39 is 5.97 Å². The predicted octanol–water partition coefficient (Wildman–Crippen LogP) is 4.00. The van der Waals surface area contributed by atoms with Crippen LogP contribution in [0.15, 0.2) is 12.1 Å². The van der Waals surface area contributed by atoms with E-state index in [9.17, 15) is 4.79 Å². The van der Waals surface area contributed by atoms with E-state index >= 15 is 0 Å². The number of thiazole rings is 1. The third-order valence-electron chi connectivity index (χ3n) is 3.38. The van der Waals surface area contributed by atoms with Crippen LogP contribution in [0.3, 0.4) is 0 Å². The second kappa shape index (κ2) is 4.98. The van der Waals surface area contributed by atoms with E-state index in [4.69, 9.17) is 16.7 Å². The van der Waals surface area contributed by atoms with Crippen LogP contribution in [-0.4, -0.2) is 22.1 Å². The van der Waals surface area contributed by atoms with Crippen molar-refractivity contribution in [3.05, 3.63) is 22.7 Å². The molecule has 0 spiro atoms. The van der Waals surface area contributed by atoms with Gasteiger partial charge in [-0.2, -0.15) is 0 Å². The Kier molecular flexibility index (Phi) is 3.33. The van der Waals surface area contributed by atoms with Crippen molar-refractivity contribution in [3.63, 3.8) is 0 Å². The molecule has 6 heteroatoms. The minimum absolute atomic E-state index is 0.202. The Hall–Kier alpha value is -1.33. The Morgan fingerprint density at radius 3 is 2.84 bits per heavy atom. The van der Waals surface area contributed by atoms with Crippen molar-refractivity contribution in [2.45, 2.75) is 31.7 Å². The summed E-state index contributed by atoms with van der Waals surface area (Å²) in [7, 11) is 0. The number of nitrogens with zero attached hydrogens (tertiary/aromatic N) is 1. The van der Waals surface area contributed by atoms with Crippen LogP contribution in [-0.2, 0) is 0 Å². The molecule has 0 amide bonds. The summed E-state index contributed by atoms with van der Waals surface area (Å²) in [6.45, 7) is 0. The molecular weight excluding hydrogens is 284 g/mol. The lowest BCUT2D eigenvalue weighted by molar-refractivity contribution is 0.0697. The lowest BCUT2D eigenvalue weighted by Crippen LogP contribution is -2.13. The summed E-state index contributed by atoms with van der Waals surface area (Å²) in [4.78, 5) is 15.5. The lowest BCUT2D eigenvalue weighted by atomic mass is 10.2. The molecule has 3 rings (SSSR count). The quantitative estimate of drug-likeness (QED) is 0.898. The highest BCUT2D eigenvalue weighted by atomic mass is 35.5. The van der Waals surface area contributed by atoms with Gasteiger partial charge in [0.15, 0.2) is 5.13 Å². The molecule has 1 aliphatic carbocycles. The van der Waals surface area contributed by atoms with Crippen LogP contribution in [0.4, 0.5) is 5.13 Å². The van der Waals surface area contributed by atoms with Crippen molar-refractivity contribution in [2.75, 3.05) is 5.32 Å². The number of fused-ring (bicyclic) bond motifs is 1. The van der Waals surface area contributed by atoms with Gasteiger partial charge in [0.1, 0.15) is 5.52 Å². The van der Waals surface area contributed by atoms with Gasteiger partial charge in [-0.05, 0) is 25.0 Å². The first kappa shape index (κ1) is 12.7. The number of carbonyl (C=O) groups is 1. The summed E-state index contributed by atoms with van der Waals surface area (Å²) in [5, 5.41) is 13.6. The number of hydrogen-bond acceptors (Lipinski definition) is 4. The Bertz CT molecular complexity index is 635. The Balaban J connectivity index is 1.95. The molecule has 1 aromatic heterocycles. The van der Waals surface area contributed by atoms with Crippen LogP contribution in [0, 0.1) is 0 Å². The summed E-state index contributed by atoms with van der Waals surface area (Å²) in [5.74, 6) is -0.970. The van der Waals surface area contributed by atoms with Crippen LogP contribution in [0.25, 0.3) is 10.2 Å². The molecule has 19 heavy (non-hydrogen) atoms. The number of rotatable bonds is 3. The second-order valence-corrected chi connectivity index (χ2v) is 6.19. The number of carboxylic acid groups (broad SMARTS) is 1. The Morgan fingerprint density at radius 1 is 1.42 bits per heavy atom. The number of nitrogens with one attached hydrogen (secondary N) is 1. The van der Waals surface area contributed by atoms with Gasteiger partial charge in [0.25, 0.3) is 0 Å². The molecule has 4 nitrogen and oxygen atoms in total. The van der Waals surface area contributed by atoms with Crippen LogP contribution < -0.4 is 5.32 Å². The van der Waals surface area contributed by atoms with E-state index in [0.29, 0.717) is 16.6 Å². The largest absolute Gasteiger partial charge is 0.478 e. The second-order valence-electron chi connectivity index (χ2n) is 4.75. The molecule has 1 aromatic carbocycles. The number of aromatic carboxylic acids is 1. The highest BCUT2D eigenvalue weighted by Crippen LogP contribution is 2.33. The maximum atomic E-state index is 11.0. The molecule has 2 aromatic rings. The number of benzene rings is 1. The van der Waals surface area contributed by atoms with Gasteiger partial charge < -0.3 is 10.4 Å². The summed E-state index contributed by atoms with van der Waals surface area (Å²) in [5.41, 5.74) is 0.880. The average Bonchev–Trinajstić information content (AvgIpc) is 2.98. The van der Waals surface area contributed by atoms with E-state index in [-0.39, 0.29) is 5.56 Å². The van der Waals surface area contributed by atoms with Gasteiger partial charge in [-0.1, -0.05) is 35.8 Å². The number of carboxylic acids is 1. The minimum Gasteiger partial charge on any atom is -0.478 e. The van der Waals surface area contributed by atoms with Crippen LogP contribution in [0.5, 0.6) is 0 Å². The normalized spacial score (nSPS) is 16.1. The topological polar surface area (TPSA) is 62.2 Å². The van der Waals surface area contributed by atoms with Crippen molar-refractivity contribution in [1.29, 1.82) is 0 Å². The SMILES string of the molecule is O=C(O)c1cc(Cl)c2nc(NC3CCCC3)sc2c1. The molecule has 0 bridgehead atoms. The van der Waals surface area contributed by atoms with E-state index in [1.807, 2.05) is 0 Å². The Morgan fingerprint density at radius 2 is 2.16 bits per heavy atom. The van der Waals surface area contributed by atoms with E-state index in [1.54, 1.807) is 6.07 Å². The minimum atomic E-state index is -0.970. The van der Waals surface area contributed by atoms with Gasteiger partial charge in [-0.3, -0.25) is 0 Å². The molecular formula is C13H13ClN2O2S. The summed E-state index contributed by atoms with van der Waals surface area (Å²) < 4.78 is 0.811. The fourth-order valence-corrected chi connectivity index (χ4v) is 3.75. The highest BCUT2D eigenvalue weighted by molar-refractivity contribution is 7.22. The van der Waals surface area contributed by atoms with Gasteiger partial charge in [0, 0.05) is 6.04 Å². The zero-order valence-electron chi connectivity index (χ0n) is 10.1. The van der Waals surface area contributed by atoms with E-state index in [2.05, 4.69) is 10.3 Å². The number of anilines is 1. The molecule has 0 radical (unpaired) electrons. The van der Waals surface area contributed by atoms with Crippen molar-refractivity contribution in [2.24, 2.45) is 0 Å². The zero-order valence-corrected chi connectivity index (χ0v) is 11.7. The van der Waals surface area contributed by atoms with Crippen molar-refractivity contribution in [3.8, 4) is 0 Å². The smallest absolute Gasteiger partial charge is 0.335 e. The third kappa shape index (κ3) is 2.53. The molecule has 100 valence electrons. The summed E-state index contributed by atoms with van der Waals surface area (Å²) in [6, 6.07) is 3.56. The van der Waals surface area contributed by atoms with Gasteiger partial charge >= 0.3 is 5.97 Å². The summed E-state index contributed by atoms with van der Waals surface area (Å²) in [6.07, 6.45) is 4.85. The number of halogens is 1. The van der Waals surface area contributed by atoms with Crippen LogP contribution >= 0.6 is 22.9 Å². The maximum absolute atomic E-state index is 11.0. The molecule has 0 atom stereocenters. The molecule has 1 aliphatic rings. The monoisotopic (exact) mass is 296 g/mol. The first-order chi connectivity index (χ1) is 9.13. The third-order valence-corrected chi connectivity index (χ3v) is 4.60. The van der Waals surface area contributed by atoms with Crippen LogP contribution in [0.1, 0.15) is 36.0 Å². The van der Waals surface area contributed by atoms with Gasteiger partial charge in [0.2, 0.25) is 0 Å².